The van der Waals surface area contributed by atoms with E-state index in [1.54, 1.807) is 12.4 Å². The van der Waals surface area contributed by atoms with Gasteiger partial charge >= 0.3 is 0 Å². The second kappa shape index (κ2) is 6.49. The van der Waals surface area contributed by atoms with Crippen LogP contribution in [0.1, 0.15) is 0 Å². The molecule has 5 heteroatoms. The van der Waals surface area contributed by atoms with Crippen LogP contribution in [0.5, 0.6) is 0 Å². The van der Waals surface area contributed by atoms with E-state index in [9.17, 15) is 0 Å². The molecule has 0 unspecified atom stereocenters. The topological polar surface area (TPSA) is 48.5 Å². The number of aromatic nitrogens is 5. The zero-order valence-corrected chi connectivity index (χ0v) is 17.1. The highest BCUT2D eigenvalue weighted by Gasteiger charge is 2.21. The summed E-state index contributed by atoms with van der Waals surface area (Å²) >= 11 is 0. The van der Waals surface area contributed by atoms with Gasteiger partial charge in [0.15, 0.2) is 0 Å². The first-order valence-electron chi connectivity index (χ1n) is 10.5. The van der Waals surface area contributed by atoms with Crippen LogP contribution in [0, 0.1) is 0 Å². The van der Waals surface area contributed by atoms with Crippen molar-refractivity contribution in [3.8, 4) is 11.4 Å². The van der Waals surface area contributed by atoms with Gasteiger partial charge in [-0.25, -0.2) is 0 Å². The van der Waals surface area contributed by atoms with Gasteiger partial charge in [0.25, 0.3) is 0 Å². The lowest BCUT2D eigenvalue weighted by atomic mass is 10.2. The first-order valence-corrected chi connectivity index (χ1v) is 10.5. The molecule has 0 atom stereocenters. The molecule has 7 rings (SSSR count). The summed E-state index contributed by atoms with van der Waals surface area (Å²) in [6, 6.07) is 25.0. The average molecular weight is 411 g/mol. The highest BCUT2D eigenvalue weighted by molar-refractivity contribution is 6.22. The predicted molar refractivity (Wildman–Crippen MR) is 129 cm³/mol. The molecule has 5 heterocycles. The summed E-state index contributed by atoms with van der Waals surface area (Å²) < 4.78 is 4.58. The standard InChI is InChI=1S/C27H17N5/c1-3-11-23-20(9-1)22-17-30-25-21-10-2-4-12-24(21)32(19-8-6-14-29-16-19)27(25)26(22)31(23)18-7-5-13-28-15-18/h1-17H. The molecule has 0 aliphatic heterocycles. The molecule has 150 valence electrons. The van der Waals surface area contributed by atoms with Gasteiger partial charge in [-0.1, -0.05) is 36.4 Å². The van der Waals surface area contributed by atoms with Crippen molar-refractivity contribution in [1.82, 2.24) is 24.1 Å². The van der Waals surface area contributed by atoms with E-state index in [-0.39, 0.29) is 0 Å². The van der Waals surface area contributed by atoms with Gasteiger partial charge in [-0.2, -0.15) is 0 Å². The molecule has 0 saturated heterocycles. The monoisotopic (exact) mass is 411 g/mol. The number of fused-ring (bicyclic) bond motifs is 7. The Labute approximate surface area is 183 Å². The van der Waals surface area contributed by atoms with Crippen LogP contribution in [0.15, 0.2) is 104 Å². The Bertz CT molecular complexity index is 1630. The van der Waals surface area contributed by atoms with Gasteiger partial charge in [-0.3, -0.25) is 15.0 Å². The smallest absolute Gasteiger partial charge is 0.0985 e. The van der Waals surface area contributed by atoms with Gasteiger partial charge in [0, 0.05) is 34.7 Å². The van der Waals surface area contributed by atoms with Crippen LogP contribution in [0.4, 0.5) is 0 Å². The number of rotatable bonds is 2. The summed E-state index contributed by atoms with van der Waals surface area (Å²) in [6.45, 7) is 0. The third-order valence-electron chi connectivity index (χ3n) is 6.12. The Kier molecular flexibility index (Phi) is 3.49. The van der Waals surface area contributed by atoms with Crippen LogP contribution < -0.4 is 0 Å². The Balaban J connectivity index is 1.81. The van der Waals surface area contributed by atoms with Crippen LogP contribution >= 0.6 is 0 Å². The van der Waals surface area contributed by atoms with Crippen molar-refractivity contribution in [2.75, 3.05) is 0 Å². The predicted octanol–water partition coefficient (Wildman–Crippen LogP) is 6.07. The highest BCUT2D eigenvalue weighted by Crippen LogP contribution is 2.40. The summed E-state index contributed by atoms with van der Waals surface area (Å²) in [4.78, 5) is 13.8. The largest absolute Gasteiger partial charge is 0.306 e. The Morgan fingerprint density at radius 1 is 0.500 bits per heavy atom. The van der Waals surface area contributed by atoms with Crippen molar-refractivity contribution in [1.29, 1.82) is 0 Å². The molecule has 2 aromatic carbocycles. The molecule has 0 spiro atoms. The maximum absolute atomic E-state index is 4.97. The van der Waals surface area contributed by atoms with E-state index in [0.717, 1.165) is 49.7 Å². The summed E-state index contributed by atoms with van der Waals surface area (Å²) in [5.41, 5.74) is 7.43. The fraction of sp³-hybridized carbons (Fsp3) is 0. The molecule has 5 nitrogen and oxygen atoms in total. The van der Waals surface area contributed by atoms with Gasteiger partial charge in [0.2, 0.25) is 0 Å². The first-order chi connectivity index (χ1) is 15.9. The molecule has 0 aliphatic rings. The van der Waals surface area contributed by atoms with E-state index in [1.165, 1.54) is 5.39 Å². The van der Waals surface area contributed by atoms with Crippen LogP contribution in [0.2, 0.25) is 0 Å². The number of hydrogen-bond donors (Lipinski definition) is 0. The lowest BCUT2D eigenvalue weighted by molar-refractivity contribution is 1.11. The summed E-state index contributed by atoms with van der Waals surface area (Å²) in [6.07, 6.45) is 9.43. The van der Waals surface area contributed by atoms with Crippen LogP contribution in [-0.4, -0.2) is 24.1 Å². The highest BCUT2D eigenvalue weighted by atomic mass is 15.1. The Morgan fingerprint density at radius 2 is 1.09 bits per heavy atom. The van der Waals surface area contributed by atoms with E-state index >= 15 is 0 Å². The van der Waals surface area contributed by atoms with Crippen molar-refractivity contribution < 1.29 is 0 Å². The van der Waals surface area contributed by atoms with Crippen LogP contribution in [-0.2, 0) is 0 Å². The average Bonchev–Trinajstić information content (AvgIpc) is 3.38. The maximum Gasteiger partial charge on any atom is 0.0985 e. The molecule has 0 N–H and O–H groups in total. The maximum atomic E-state index is 4.97. The molecule has 0 amide bonds. The molecular formula is C27H17N5. The molecule has 5 aromatic heterocycles. The summed E-state index contributed by atoms with van der Waals surface area (Å²) in [5, 5.41) is 3.41. The van der Waals surface area contributed by atoms with Crippen molar-refractivity contribution in [2.45, 2.75) is 0 Å². The minimum atomic E-state index is 0.977. The van der Waals surface area contributed by atoms with Gasteiger partial charge < -0.3 is 9.13 Å². The lowest BCUT2D eigenvalue weighted by Gasteiger charge is -2.11. The SMILES string of the molecule is c1cncc(-n2c3ccccc3c3cnc4c5ccccc5n(-c5cccnc5)c4c32)c1. The Morgan fingerprint density at radius 3 is 1.75 bits per heavy atom. The van der Waals surface area contributed by atoms with Gasteiger partial charge in [-0.15, -0.1) is 0 Å². The Hall–Kier alpha value is -4.51. The second-order valence-electron chi connectivity index (χ2n) is 7.85. The van der Waals surface area contributed by atoms with E-state index < -0.39 is 0 Å². The minimum absolute atomic E-state index is 0.977. The molecular weight excluding hydrogens is 394 g/mol. The second-order valence-corrected chi connectivity index (χ2v) is 7.85. The number of nitrogens with zero attached hydrogens (tertiary/aromatic N) is 5. The number of para-hydroxylation sites is 2. The van der Waals surface area contributed by atoms with Gasteiger partial charge in [0.1, 0.15) is 0 Å². The lowest BCUT2D eigenvalue weighted by Crippen LogP contribution is -1.99. The molecule has 0 radical (unpaired) electrons. The van der Waals surface area contributed by atoms with Crippen molar-refractivity contribution >= 4 is 43.7 Å². The van der Waals surface area contributed by atoms with Crippen LogP contribution in [0.25, 0.3) is 55.1 Å². The van der Waals surface area contributed by atoms with E-state index in [1.807, 2.05) is 30.7 Å². The third kappa shape index (κ3) is 2.25. The van der Waals surface area contributed by atoms with E-state index in [4.69, 9.17) is 4.98 Å². The van der Waals surface area contributed by atoms with Crippen LogP contribution in [0.3, 0.4) is 0 Å². The fourth-order valence-corrected chi connectivity index (χ4v) is 4.84. The number of hydrogen-bond acceptors (Lipinski definition) is 3. The van der Waals surface area contributed by atoms with Crippen molar-refractivity contribution in [3.05, 3.63) is 104 Å². The zero-order valence-electron chi connectivity index (χ0n) is 17.1. The summed E-state index contributed by atoms with van der Waals surface area (Å²) in [5.74, 6) is 0. The zero-order chi connectivity index (χ0) is 21.1. The quantitative estimate of drug-likeness (QED) is 0.347. The number of pyridine rings is 3. The summed E-state index contributed by atoms with van der Waals surface area (Å²) in [7, 11) is 0. The normalized spacial score (nSPS) is 11.8. The van der Waals surface area contributed by atoms with E-state index in [0.29, 0.717) is 0 Å². The first kappa shape index (κ1) is 17.2. The fourth-order valence-electron chi connectivity index (χ4n) is 4.84. The molecule has 0 fully saturated rings. The molecule has 0 saturated carbocycles. The van der Waals surface area contributed by atoms with Crippen molar-refractivity contribution in [2.24, 2.45) is 0 Å². The van der Waals surface area contributed by atoms with Gasteiger partial charge in [0.05, 0.1) is 51.4 Å². The molecule has 32 heavy (non-hydrogen) atoms. The number of benzene rings is 2. The molecule has 0 aliphatic carbocycles. The van der Waals surface area contributed by atoms with E-state index in [2.05, 4.69) is 79.8 Å². The van der Waals surface area contributed by atoms with Crippen molar-refractivity contribution in [3.63, 3.8) is 0 Å². The third-order valence-corrected chi connectivity index (χ3v) is 6.12. The van der Waals surface area contributed by atoms with Gasteiger partial charge in [-0.05, 0) is 36.4 Å². The minimum Gasteiger partial charge on any atom is -0.306 e. The molecule has 7 aromatic rings. The molecule has 0 bridgehead atoms.